The quantitative estimate of drug-likeness (QED) is 0.797. The van der Waals surface area contributed by atoms with Crippen molar-refractivity contribution in [2.24, 2.45) is 0 Å². The van der Waals surface area contributed by atoms with Crippen LogP contribution in [-0.4, -0.2) is 24.0 Å². The molecular formula is C14H21NO2. The van der Waals surface area contributed by atoms with E-state index in [0.717, 1.165) is 18.5 Å². The van der Waals surface area contributed by atoms with Gasteiger partial charge in [-0.25, -0.2) is 0 Å². The summed E-state index contributed by atoms with van der Waals surface area (Å²) in [6, 6.07) is 5.69. The maximum atomic E-state index is 11.2. The normalized spacial score (nSPS) is 10.6. The standard InChI is InChI=1S/C14H21NO2/c1-5-11(6-2)15(4)12-7-8-13(10(3)16)14(17)9-12/h7-9,11,17H,5-6H2,1-4H3. The van der Waals surface area contributed by atoms with Gasteiger partial charge in [-0.2, -0.15) is 0 Å². The Morgan fingerprint density at radius 1 is 1.35 bits per heavy atom. The Kier molecular flexibility index (Phi) is 4.55. The first-order chi connectivity index (χ1) is 8.01. The van der Waals surface area contributed by atoms with Crippen molar-refractivity contribution >= 4 is 11.5 Å². The van der Waals surface area contributed by atoms with Gasteiger partial charge in [0.15, 0.2) is 5.78 Å². The van der Waals surface area contributed by atoms with Gasteiger partial charge in [-0.05, 0) is 31.9 Å². The zero-order chi connectivity index (χ0) is 13.0. The zero-order valence-electron chi connectivity index (χ0n) is 11.0. The van der Waals surface area contributed by atoms with E-state index in [-0.39, 0.29) is 11.5 Å². The second kappa shape index (κ2) is 5.71. The third kappa shape index (κ3) is 2.99. The number of phenolic OH excluding ortho intramolecular Hbond substituents is 1. The number of aromatic hydroxyl groups is 1. The fourth-order valence-electron chi connectivity index (χ4n) is 2.08. The average Bonchev–Trinajstić information content (AvgIpc) is 2.29. The number of rotatable bonds is 5. The van der Waals surface area contributed by atoms with E-state index in [1.807, 2.05) is 13.1 Å². The first kappa shape index (κ1) is 13.6. The molecule has 3 heteroatoms. The summed E-state index contributed by atoms with van der Waals surface area (Å²) in [7, 11) is 2.01. The maximum Gasteiger partial charge on any atom is 0.163 e. The van der Waals surface area contributed by atoms with Crippen LogP contribution in [0.2, 0.25) is 0 Å². The predicted molar refractivity (Wildman–Crippen MR) is 70.9 cm³/mol. The number of anilines is 1. The molecule has 17 heavy (non-hydrogen) atoms. The van der Waals surface area contributed by atoms with Crippen molar-refractivity contribution in [3.05, 3.63) is 23.8 Å². The fourth-order valence-corrected chi connectivity index (χ4v) is 2.08. The average molecular weight is 235 g/mol. The van der Waals surface area contributed by atoms with E-state index in [2.05, 4.69) is 18.7 Å². The third-order valence-corrected chi connectivity index (χ3v) is 3.26. The summed E-state index contributed by atoms with van der Waals surface area (Å²) in [5.74, 6) is -0.0490. The Bertz CT molecular complexity index is 397. The lowest BCUT2D eigenvalue weighted by atomic mass is 10.1. The van der Waals surface area contributed by atoms with Crippen LogP contribution in [-0.2, 0) is 0 Å². The molecular weight excluding hydrogens is 214 g/mol. The van der Waals surface area contributed by atoms with Crippen LogP contribution >= 0.6 is 0 Å². The van der Waals surface area contributed by atoms with Crippen LogP contribution in [0.3, 0.4) is 0 Å². The van der Waals surface area contributed by atoms with E-state index >= 15 is 0 Å². The molecule has 0 saturated carbocycles. The highest BCUT2D eigenvalue weighted by molar-refractivity contribution is 5.97. The second-order valence-corrected chi connectivity index (χ2v) is 4.34. The molecule has 0 bridgehead atoms. The molecule has 1 aromatic rings. The molecule has 0 aliphatic carbocycles. The summed E-state index contributed by atoms with van der Waals surface area (Å²) in [5, 5.41) is 9.79. The van der Waals surface area contributed by atoms with E-state index in [1.165, 1.54) is 6.92 Å². The summed E-state index contributed by atoms with van der Waals surface area (Å²) in [6.45, 7) is 5.75. The third-order valence-electron chi connectivity index (χ3n) is 3.26. The molecule has 0 aliphatic rings. The summed E-state index contributed by atoms with van der Waals surface area (Å²) in [4.78, 5) is 13.4. The SMILES string of the molecule is CCC(CC)N(C)c1ccc(C(C)=O)c(O)c1. The highest BCUT2D eigenvalue weighted by atomic mass is 16.3. The van der Waals surface area contributed by atoms with Crippen LogP contribution in [0, 0.1) is 0 Å². The smallest absolute Gasteiger partial charge is 0.163 e. The van der Waals surface area contributed by atoms with E-state index in [0.29, 0.717) is 11.6 Å². The van der Waals surface area contributed by atoms with E-state index < -0.39 is 0 Å². The number of carbonyl (C=O) groups is 1. The molecule has 0 aromatic heterocycles. The molecule has 0 amide bonds. The molecule has 0 atom stereocenters. The van der Waals surface area contributed by atoms with Crippen molar-refractivity contribution in [1.29, 1.82) is 0 Å². The Morgan fingerprint density at radius 2 is 1.94 bits per heavy atom. The number of hydrogen-bond acceptors (Lipinski definition) is 3. The summed E-state index contributed by atoms with van der Waals surface area (Å²) in [6.07, 6.45) is 2.12. The number of Topliss-reactive ketones (excluding diaryl/α,β-unsaturated/α-hetero) is 1. The van der Waals surface area contributed by atoms with E-state index in [4.69, 9.17) is 0 Å². The van der Waals surface area contributed by atoms with Crippen LogP contribution < -0.4 is 4.90 Å². The molecule has 3 nitrogen and oxygen atoms in total. The number of carbonyl (C=O) groups excluding carboxylic acids is 1. The predicted octanol–water partition coefficient (Wildman–Crippen LogP) is 3.22. The van der Waals surface area contributed by atoms with Gasteiger partial charge in [0.1, 0.15) is 5.75 Å². The molecule has 0 heterocycles. The van der Waals surface area contributed by atoms with Gasteiger partial charge in [-0.15, -0.1) is 0 Å². The highest BCUT2D eigenvalue weighted by Gasteiger charge is 2.13. The molecule has 0 aliphatic heterocycles. The van der Waals surface area contributed by atoms with Gasteiger partial charge in [-0.3, -0.25) is 4.79 Å². The number of hydrogen-bond donors (Lipinski definition) is 1. The minimum atomic E-state index is -0.112. The van der Waals surface area contributed by atoms with Gasteiger partial charge >= 0.3 is 0 Å². The van der Waals surface area contributed by atoms with Crippen LogP contribution in [0.4, 0.5) is 5.69 Å². The molecule has 0 radical (unpaired) electrons. The van der Waals surface area contributed by atoms with Gasteiger partial charge in [0.05, 0.1) is 5.56 Å². The van der Waals surface area contributed by atoms with Gasteiger partial charge in [0.2, 0.25) is 0 Å². The summed E-state index contributed by atoms with van der Waals surface area (Å²) >= 11 is 0. The van der Waals surface area contributed by atoms with Crippen molar-refractivity contribution in [3.8, 4) is 5.75 Å². The van der Waals surface area contributed by atoms with E-state index in [1.54, 1.807) is 12.1 Å². The van der Waals surface area contributed by atoms with E-state index in [9.17, 15) is 9.90 Å². The molecule has 0 unspecified atom stereocenters. The van der Waals surface area contributed by atoms with Crippen LogP contribution in [0.15, 0.2) is 18.2 Å². The van der Waals surface area contributed by atoms with Gasteiger partial charge in [-0.1, -0.05) is 13.8 Å². The number of benzene rings is 1. The molecule has 0 fully saturated rings. The largest absolute Gasteiger partial charge is 0.507 e. The van der Waals surface area contributed by atoms with Crippen LogP contribution in [0.25, 0.3) is 0 Å². The van der Waals surface area contributed by atoms with Crippen molar-refractivity contribution in [1.82, 2.24) is 0 Å². The molecule has 1 rings (SSSR count). The minimum Gasteiger partial charge on any atom is -0.507 e. The number of ketones is 1. The van der Waals surface area contributed by atoms with Gasteiger partial charge < -0.3 is 10.0 Å². The molecule has 94 valence electrons. The Hall–Kier alpha value is -1.51. The zero-order valence-corrected chi connectivity index (χ0v) is 11.0. The molecule has 0 spiro atoms. The van der Waals surface area contributed by atoms with Gasteiger partial charge in [0, 0.05) is 24.8 Å². The lowest BCUT2D eigenvalue weighted by molar-refractivity contribution is 0.101. The molecule has 0 saturated heterocycles. The Balaban J connectivity index is 3.00. The van der Waals surface area contributed by atoms with Crippen LogP contribution in [0.5, 0.6) is 5.75 Å². The molecule has 1 aromatic carbocycles. The Morgan fingerprint density at radius 3 is 2.35 bits per heavy atom. The van der Waals surface area contributed by atoms with Crippen LogP contribution in [0.1, 0.15) is 44.0 Å². The Labute approximate surface area is 103 Å². The van der Waals surface area contributed by atoms with Crippen molar-refractivity contribution in [2.45, 2.75) is 39.7 Å². The second-order valence-electron chi connectivity index (χ2n) is 4.34. The summed E-state index contributed by atoms with van der Waals surface area (Å²) in [5.41, 5.74) is 1.33. The first-order valence-electron chi connectivity index (χ1n) is 6.08. The lowest BCUT2D eigenvalue weighted by Gasteiger charge is -2.28. The van der Waals surface area contributed by atoms with Crippen molar-refractivity contribution < 1.29 is 9.90 Å². The topological polar surface area (TPSA) is 40.5 Å². The monoisotopic (exact) mass is 235 g/mol. The van der Waals surface area contributed by atoms with Crippen molar-refractivity contribution in [3.63, 3.8) is 0 Å². The highest BCUT2D eigenvalue weighted by Crippen LogP contribution is 2.26. The fraction of sp³-hybridized carbons (Fsp3) is 0.500. The lowest BCUT2D eigenvalue weighted by Crippen LogP contribution is -2.30. The maximum absolute atomic E-state index is 11.2. The van der Waals surface area contributed by atoms with Crippen molar-refractivity contribution in [2.75, 3.05) is 11.9 Å². The summed E-state index contributed by atoms with van der Waals surface area (Å²) < 4.78 is 0. The number of phenols is 1. The first-order valence-corrected chi connectivity index (χ1v) is 6.08. The minimum absolute atomic E-state index is 0.0628. The van der Waals surface area contributed by atoms with Gasteiger partial charge in [0.25, 0.3) is 0 Å². The number of nitrogens with zero attached hydrogens (tertiary/aromatic N) is 1. The molecule has 1 N–H and O–H groups in total.